The summed E-state index contributed by atoms with van der Waals surface area (Å²) < 4.78 is 25.6. The Morgan fingerprint density at radius 1 is 1.15 bits per heavy atom. The van der Waals surface area contributed by atoms with Crippen molar-refractivity contribution in [3.63, 3.8) is 0 Å². The lowest BCUT2D eigenvalue weighted by Gasteiger charge is -2.31. The lowest BCUT2D eigenvalue weighted by molar-refractivity contribution is -0.384. The van der Waals surface area contributed by atoms with Crippen LogP contribution in [-0.4, -0.2) is 43.5 Å². The monoisotopic (exact) mass is 391 g/mol. The molecule has 1 atom stereocenters. The molecule has 2 rings (SSSR count). The van der Waals surface area contributed by atoms with Crippen LogP contribution in [0.3, 0.4) is 0 Å². The third-order valence-corrected chi connectivity index (χ3v) is 5.24. The van der Waals surface area contributed by atoms with Crippen LogP contribution in [0, 0.1) is 10.1 Å². The maximum atomic E-state index is 12.8. The Bertz CT molecular complexity index is 931. The number of non-ortho nitro benzene ring substituents is 1. The largest absolute Gasteiger partial charge is 0.340 e. The Balaban J connectivity index is 2.32. The fourth-order valence-electron chi connectivity index (χ4n) is 2.80. The molecular formula is C18H21N3O5S. The zero-order valence-electron chi connectivity index (χ0n) is 15.3. The van der Waals surface area contributed by atoms with E-state index < -0.39 is 26.9 Å². The van der Waals surface area contributed by atoms with E-state index in [-0.39, 0.29) is 11.4 Å². The lowest BCUT2D eigenvalue weighted by Crippen LogP contribution is -2.48. The molecule has 0 aliphatic rings. The third kappa shape index (κ3) is 5.04. The topological polar surface area (TPSA) is 101 Å². The van der Waals surface area contributed by atoms with Gasteiger partial charge in [-0.15, -0.1) is 0 Å². The molecule has 0 bridgehead atoms. The van der Waals surface area contributed by atoms with Crippen LogP contribution in [0.5, 0.6) is 0 Å². The van der Waals surface area contributed by atoms with Gasteiger partial charge in [0.05, 0.1) is 16.9 Å². The Labute approximate surface area is 158 Å². The summed E-state index contributed by atoms with van der Waals surface area (Å²) >= 11 is 0. The molecule has 27 heavy (non-hydrogen) atoms. The van der Waals surface area contributed by atoms with Gasteiger partial charge in [0.15, 0.2) is 0 Å². The molecule has 0 aliphatic heterocycles. The molecule has 1 amide bonds. The Kier molecular flexibility index (Phi) is 6.17. The highest BCUT2D eigenvalue weighted by atomic mass is 32.2. The standard InChI is InChI=1S/C18H21N3O5S/c1-14(18(22)19(2)13-15-8-5-4-6-9-15)20(27(3,25)26)16-10-7-11-17(12-16)21(23)24/h4-12,14H,13H2,1-3H3/t14-/m1/s1. The summed E-state index contributed by atoms with van der Waals surface area (Å²) in [7, 11) is -2.26. The summed E-state index contributed by atoms with van der Waals surface area (Å²) in [6, 6.07) is 13.4. The number of benzene rings is 2. The van der Waals surface area contributed by atoms with Crippen LogP contribution in [-0.2, 0) is 21.4 Å². The molecule has 0 heterocycles. The normalized spacial score (nSPS) is 12.3. The molecule has 0 unspecified atom stereocenters. The first-order valence-corrected chi connectivity index (χ1v) is 9.99. The average molecular weight is 391 g/mol. The summed E-state index contributed by atoms with van der Waals surface area (Å²) in [5.41, 5.74) is 0.723. The number of carbonyl (C=O) groups excluding carboxylic acids is 1. The second-order valence-corrected chi connectivity index (χ2v) is 8.05. The van der Waals surface area contributed by atoms with Gasteiger partial charge >= 0.3 is 0 Å². The molecule has 0 aromatic heterocycles. The Hall–Kier alpha value is -2.94. The van der Waals surface area contributed by atoms with Gasteiger partial charge in [-0.05, 0) is 18.6 Å². The SMILES string of the molecule is C[C@H](C(=O)N(C)Cc1ccccc1)N(c1cccc([N+](=O)[O-])c1)S(C)(=O)=O. The minimum atomic E-state index is -3.85. The molecule has 144 valence electrons. The number of rotatable bonds is 7. The van der Waals surface area contributed by atoms with Gasteiger partial charge < -0.3 is 4.90 Å². The second-order valence-electron chi connectivity index (χ2n) is 6.19. The van der Waals surface area contributed by atoms with E-state index in [0.29, 0.717) is 6.54 Å². The van der Waals surface area contributed by atoms with Gasteiger partial charge in [0, 0.05) is 25.7 Å². The van der Waals surface area contributed by atoms with Gasteiger partial charge in [-0.25, -0.2) is 8.42 Å². The molecule has 0 saturated heterocycles. The van der Waals surface area contributed by atoms with E-state index in [1.807, 2.05) is 30.3 Å². The van der Waals surface area contributed by atoms with Crippen molar-refractivity contribution in [1.82, 2.24) is 4.90 Å². The number of nitro groups is 1. The van der Waals surface area contributed by atoms with Crippen molar-refractivity contribution >= 4 is 27.3 Å². The number of likely N-dealkylation sites (N-methyl/N-ethyl adjacent to an activating group) is 1. The van der Waals surface area contributed by atoms with Crippen LogP contribution in [0.1, 0.15) is 12.5 Å². The summed E-state index contributed by atoms with van der Waals surface area (Å²) in [5, 5.41) is 11.0. The van der Waals surface area contributed by atoms with E-state index in [1.165, 1.54) is 30.0 Å². The summed E-state index contributed by atoms with van der Waals surface area (Å²) in [4.78, 5) is 24.6. The van der Waals surface area contributed by atoms with Crippen LogP contribution >= 0.6 is 0 Å². The van der Waals surface area contributed by atoms with Crippen molar-refractivity contribution in [2.45, 2.75) is 19.5 Å². The number of hydrogen-bond donors (Lipinski definition) is 0. The molecule has 8 nitrogen and oxygen atoms in total. The van der Waals surface area contributed by atoms with E-state index in [2.05, 4.69) is 0 Å². The number of anilines is 1. The van der Waals surface area contributed by atoms with Gasteiger partial charge in [-0.3, -0.25) is 19.2 Å². The zero-order chi connectivity index (χ0) is 20.2. The highest BCUT2D eigenvalue weighted by molar-refractivity contribution is 7.92. The predicted molar refractivity (Wildman–Crippen MR) is 103 cm³/mol. The first-order chi connectivity index (χ1) is 12.6. The van der Waals surface area contributed by atoms with E-state index in [9.17, 15) is 23.3 Å². The number of nitrogens with zero attached hydrogens (tertiary/aromatic N) is 3. The third-order valence-electron chi connectivity index (χ3n) is 4.00. The van der Waals surface area contributed by atoms with Gasteiger partial charge in [-0.2, -0.15) is 0 Å². The molecule has 0 fully saturated rings. The van der Waals surface area contributed by atoms with Crippen LogP contribution in [0.25, 0.3) is 0 Å². The molecular weight excluding hydrogens is 370 g/mol. The molecule has 0 aliphatic carbocycles. The van der Waals surface area contributed by atoms with E-state index in [0.717, 1.165) is 22.2 Å². The van der Waals surface area contributed by atoms with Crippen LogP contribution in [0.4, 0.5) is 11.4 Å². The quantitative estimate of drug-likeness (QED) is 0.533. The Morgan fingerprint density at radius 3 is 2.33 bits per heavy atom. The fraction of sp³-hybridized carbons (Fsp3) is 0.278. The van der Waals surface area contributed by atoms with E-state index >= 15 is 0 Å². The van der Waals surface area contributed by atoms with Crippen molar-refractivity contribution < 1.29 is 18.1 Å². The molecule has 2 aromatic rings. The van der Waals surface area contributed by atoms with Crippen molar-refractivity contribution in [3.8, 4) is 0 Å². The maximum absolute atomic E-state index is 12.8. The van der Waals surface area contributed by atoms with Gasteiger partial charge in [0.1, 0.15) is 6.04 Å². The first-order valence-electron chi connectivity index (χ1n) is 8.14. The van der Waals surface area contributed by atoms with E-state index in [1.54, 1.807) is 7.05 Å². The fourth-order valence-corrected chi connectivity index (χ4v) is 3.96. The Morgan fingerprint density at radius 2 is 1.78 bits per heavy atom. The second kappa shape index (κ2) is 8.17. The van der Waals surface area contributed by atoms with Crippen molar-refractivity contribution in [2.24, 2.45) is 0 Å². The molecule has 9 heteroatoms. The number of amides is 1. The molecule has 0 saturated carbocycles. The number of nitro benzene ring substituents is 1. The zero-order valence-corrected chi connectivity index (χ0v) is 16.1. The minimum Gasteiger partial charge on any atom is -0.340 e. The highest BCUT2D eigenvalue weighted by Crippen LogP contribution is 2.26. The molecule has 0 spiro atoms. The minimum absolute atomic E-state index is 0.0701. The number of hydrogen-bond acceptors (Lipinski definition) is 5. The van der Waals surface area contributed by atoms with Crippen LogP contribution in [0.2, 0.25) is 0 Å². The highest BCUT2D eigenvalue weighted by Gasteiger charge is 2.31. The molecule has 2 aromatic carbocycles. The smallest absolute Gasteiger partial charge is 0.271 e. The summed E-state index contributed by atoms with van der Waals surface area (Å²) in [5.74, 6) is -0.421. The predicted octanol–water partition coefficient (Wildman–Crippen LogP) is 2.41. The van der Waals surface area contributed by atoms with Crippen molar-refractivity contribution in [3.05, 3.63) is 70.3 Å². The molecule has 0 radical (unpaired) electrons. The molecule has 0 N–H and O–H groups in total. The summed E-state index contributed by atoms with van der Waals surface area (Å²) in [6.45, 7) is 1.78. The van der Waals surface area contributed by atoms with Gasteiger partial charge in [0.2, 0.25) is 15.9 Å². The lowest BCUT2D eigenvalue weighted by atomic mass is 10.2. The number of sulfonamides is 1. The first kappa shape index (κ1) is 20.4. The number of carbonyl (C=O) groups is 1. The summed E-state index contributed by atoms with van der Waals surface area (Å²) in [6.07, 6.45) is 0.965. The van der Waals surface area contributed by atoms with Gasteiger partial charge in [0.25, 0.3) is 5.69 Å². The van der Waals surface area contributed by atoms with Crippen LogP contribution in [0.15, 0.2) is 54.6 Å². The van der Waals surface area contributed by atoms with Crippen molar-refractivity contribution in [1.29, 1.82) is 0 Å². The van der Waals surface area contributed by atoms with Gasteiger partial charge in [-0.1, -0.05) is 36.4 Å². The van der Waals surface area contributed by atoms with Crippen molar-refractivity contribution in [2.75, 3.05) is 17.6 Å². The average Bonchev–Trinajstić information content (AvgIpc) is 2.61. The maximum Gasteiger partial charge on any atom is 0.271 e. The van der Waals surface area contributed by atoms with E-state index in [4.69, 9.17) is 0 Å². The van der Waals surface area contributed by atoms with Crippen LogP contribution < -0.4 is 4.31 Å².